The Labute approximate surface area is 153 Å². The second-order valence-electron chi connectivity index (χ2n) is 5.42. The van der Waals surface area contributed by atoms with Crippen molar-refractivity contribution in [2.75, 3.05) is 20.3 Å². The molecule has 0 aliphatic carbocycles. The number of nitrogens with one attached hydrogen (secondary N) is 1. The number of carbonyl (C=O) groups excluding carboxylic acids is 1. The number of hydrazone groups is 1. The average molecular weight is 356 g/mol. The fourth-order valence-electron chi connectivity index (χ4n) is 2.18. The SMILES string of the molecule is CCCOc1ccc(/C=N\NC(=O)c2ccc(OC)cc2)cc1OCC. The van der Waals surface area contributed by atoms with Gasteiger partial charge >= 0.3 is 0 Å². The van der Waals surface area contributed by atoms with Crippen molar-refractivity contribution in [2.45, 2.75) is 20.3 Å². The predicted octanol–water partition coefficient (Wildman–Crippen LogP) is 3.65. The topological polar surface area (TPSA) is 69.2 Å². The van der Waals surface area contributed by atoms with E-state index in [4.69, 9.17) is 14.2 Å². The molecule has 0 saturated carbocycles. The molecule has 0 aromatic heterocycles. The van der Waals surface area contributed by atoms with Crippen LogP contribution in [0.5, 0.6) is 17.2 Å². The molecule has 0 atom stereocenters. The first-order valence-corrected chi connectivity index (χ1v) is 8.55. The molecule has 0 heterocycles. The van der Waals surface area contributed by atoms with Crippen molar-refractivity contribution in [1.29, 1.82) is 0 Å². The van der Waals surface area contributed by atoms with Crippen LogP contribution in [0.2, 0.25) is 0 Å². The van der Waals surface area contributed by atoms with Gasteiger partial charge < -0.3 is 14.2 Å². The molecule has 1 amide bonds. The Kier molecular flexibility index (Phi) is 7.49. The maximum Gasteiger partial charge on any atom is 0.271 e. The Morgan fingerprint density at radius 3 is 2.50 bits per heavy atom. The molecule has 6 heteroatoms. The minimum Gasteiger partial charge on any atom is -0.497 e. The molecule has 2 aromatic rings. The van der Waals surface area contributed by atoms with E-state index in [2.05, 4.69) is 10.5 Å². The Bertz CT molecular complexity index is 742. The van der Waals surface area contributed by atoms with Crippen LogP contribution in [0.1, 0.15) is 36.2 Å². The molecule has 2 aromatic carbocycles. The summed E-state index contributed by atoms with van der Waals surface area (Å²) in [7, 11) is 1.58. The fraction of sp³-hybridized carbons (Fsp3) is 0.300. The minimum absolute atomic E-state index is 0.295. The molecule has 0 radical (unpaired) electrons. The van der Waals surface area contributed by atoms with Crippen molar-refractivity contribution in [1.82, 2.24) is 5.43 Å². The van der Waals surface area contributed by atoms with E-state index in [0.29, 0.717) is 36.0 Å². The molecule has 2 rings (SSSR count). The van der Waals surface area contributed by atoms with Crippen LogP contribution in [0.3, 0.4) is 0 Å². The van der Waals surface area contributed by atoms with Gasteiger partial charge in [-0.15, -0.1) is 0 Å². The van der Waals surface area contributed by atoms with E-state index in [9.17, 15) is 4.79 Å². The van der Waals surface area contributed by atoms with Gasteiger partial charge in [0, 0.05) is 5.56 Å². The molecule has 0 aliphatic heterocycles. The Hall–Kier alpha value is -3.02. The van der Waals surface area contributed by atoms with E-state index in [1.165, 1.54) is 0 Å². The zero-order valence-electron chi connectivity index (χ0n) is 15.3. The highest BCUT2D eigenvalue weighted by atomic mass is 16.5. The smallest absolute Gasteiger partial charge is 0.271 e. The van der Waals surface area contributed by atoms with E-state index in [1.54, 1.807) is 37.6 Å². The van der Waals surface area contributed by atoms with Gasteiger partial charge in [0.25, 0.3) is 5.91 Å². The Morgan fingerprint density at radius 2 is 1.85 bits per heavy atom. The van der Waals surface area contributed by atoms with Crippen molar-refractivity contribution < 1.29 is 19.0 Å². The zero-order chi connectivity index (χ0) is 18.8. The number of rotatable bonds is 9. The molecular weight excluding hydrogens is 332 g/mol. The summed E-state index contributed by atoms with van der Waals surface area (Å²) in [5.41, 5.74) is 3.80. The van der Waals surface area contributed by atoms with Crippen LogP contribution in [0, 0.1) is 0 Å². The van der Waals surface area contributed by atoms with Crippen LogP contribution in [-0.4, -0.2) is 32.4 Å². The van der Waals surface area contributed by atoms with Crippen LogP contribution in [0.25, 0.3) is 0 Å². The van der Waals surface area contributed by atoms with E-state index >= 15 is 0 Å². The van der Waals surface area contributed by atoms with Crippen LogP contribution < -0.4 is 19.6 Å². The summed E-state index contributed by atoms with van der Waals surface area (Å²) in [6.07, 6.45) is 2.49. The number of benzene rings is 2. The summed E-state index contributed by atoms with van der Waals surface area (Å²) in [4.78, 5) is 12.1. The summed E-state index contributed by atoms with van der Waals surface area (Å²) in [5, 5.41) is 4.00. The Morgan fingerprint density at radius 1 is 1.08 bits per heavy atom. The van der Waals surface area contributed by atoms with Crippen molar-refractivity contribution in [2.24, 2.45) is 5.10 Å². The van der Waals surface area contributed by atoms with E-state index in [1.807, 2.05) is 32.0 Å². The van der Waals surface area contributed by atoms with E-state index in [0.717, 1.165) is 12.0 Å². The summed E-state index contributed by atoms with van der Waals surface area (Å²) in [6.45, 7) is 5.13. The standard InChI is InChI=1S/C20H24N2O4/c1-4-12-26-18-11-6-15(13-19(18)25-5-2)14-21-22-20(23)16-7-9-17(24-3)10-8-16/h6-11,13-14H,4-5,12H2,1-3H3,(H,22,23)/b21-14-. The van der Waals surface area contributed by atoms with Gasteiger partial charge in [0.2, 0.25) is 0 Å². The van der Waals surface area contributed by atoms with Gasteiger partial charge in [0.1, 0.15) is 5.75 Å². The predicted molar refractivity (Wildman–Crippen MR) is 101 cm³/mol. The summed E-state index contributed by atoms with van der Waals surface area (Å²) >= 11 is 0. The number of carbonyl (C=O) groups is 1. The molecule has 6 nitrogen and oxygen atoms in total. The van der Waals surface area contributed by atoms with Crippen LogP contribution >= 0.6 is 0 Å². The van der Waals surface area contributed by atoms with Gasteiger partial charge in [-0.05, 0) is 61.4 Å². The zero-order valence-corrected chi connectivity index (χ0v) is 15.3. The van der Waals surface area contributed by atoms with Crippen LogP contribution in [0.15, 0.2) is 47.6 Å². The fourth-order valence-corrected chi connectivity index (χ4v) is 2.18. The highest BCUT2D eigenvalue weighted by molar-refractivity contribution is 5.95. The average Bonchev–Trinajstić information content (AvgIpc) is 2.67. The number of hydrogen-bond donors (Lipinski definition) is 1. The third-order valence-corrected chi connectivity index (χ3v) is 3.46. The molecule has 0 fully saturated rings. The van der Waals surface area contributed by atoms with Gasteiger partial charge in [-0.1, -0.05) is 6.92 Å². The first-order chi connectivity index (χ1) is 12.7. The molecule has 0 spiro atoms. The molecular formula is C20H24N2O4. The largest absolute Gasteiger partial charge is 0.497 e. The molecule has 0 saturated heterocycles. The van der Waals surface area contributed by atoms with Gasteiger partial charge in [0.15, 0.2) is 11.5 Å². The highest BCUT2D eigenvalue weighted by Gasteiger charge is 2.06. The number of hydrogen-bond acceptors (Lipinski definition) is 5. The molecule has 0 unspecified atom stereocenters. The van der Waals surface area contributed by atoms with E-state index < -0.39 is 0 Å². The quantitative estimate of drug-likeness (QED) is 0.550. The maximum absolute atomic E-state index is 12.1. The summed E-state index contributed by atoms with van der Waals surface area (Å²) in [5.74, 6) is 1.76. The maximum atomic E-state index is 12.1. The molecule has 26 heavy (non-hydrogen) atoms. The lowest BCUT2D eigenvalue weighted by molar-refractivity contribution is 0.0955. The first-order valence-electron chi connectivity index (χ1n) is 8.55. The lowest BCUT2D eigenvalue weighted by Crippen LogP contribution is -2.17. The van der Waals surface area contributed by atoms with Gasteiger partial charge in [-0.2, -0.15) is 5.10 Å². The van der Waals surface area contributed by atoms with Crippen LogP contribution in [-0.2, 0) is 0 Å². The van der Waals surface area contributed by atoms with Crippen molar-refractivity contribution in [3.8, 4) is 17.2 Å². The number of amides is 1. The second kappa shape index (κ2) is 10.1. The molecule has 138 valence electrons. The summed E-state index contributed by atoms with van der Waals surface area (Å²) < 4.78 is 16.3. The second-order valence-corrected chi connectivity index (χ2v) is 5.42. The Balaban J connectivity index is 2.01. The lowest BCUT2D eigenvalue weighted by Gasteiger charge is -2.11. The molecule has 0 aliphatic rings. The minimum atomic E-state index is -0.295. The van der Waals surface area contributed by atoms with E-state index in [-0.39, 0.29) is 5.91 Å². The number of methoxy groups -OCH3 is 1. The third kappa shape index (κ3) is 5.51. The van der Waals surface area contributed by atoms with Crippen molar-refractivity contribution >= 4 is 12.1 Å². The number of nitrogens with zero attached hydrogens (tertiary/aromatic N) is 1. The van der Waals surface area contributed by atoms with Crippen molar-refractivity contribution in [3.63, 3.8) is 0 Å². The van der Waals surface area contributed by atoms with Crippen molar-refractivity contribution in [3.05, 3.63) is 53.6 Å². The first kappa shape index (κ1) is 19.3. The molecule has 1 N–H and O–H groups in total. The highest BCUT2D eigenvalue weighted by Crippen LogP contribution is 2.28. The van der Waals surface area contributed by atoms with Gasteiger partial charge in [-0.3, -0.25) is 4.79 Å². The summed E-state index contributed by atoms with van der Waals surface area (Å²) in [6, 6.07) is 12.3. The third-order valence-electron chi connectivity index (χ3n) is 3.46. The molecule has 0 bridgehead atoms. The monoisotopic (exact) mass is 356 g/mol. The van der Waals surface area contributed by atoms with Crippen LogP contribution in [0.4, 0.5) is 0 Å². The van der Waals surface area contributed by atoms with Gasteiger partial charge in [0.05, 0.1) is 26.5 Å². The lowest BCUT2D eigenvalue weighted by atomic mass is 10.2. The van der Waals surface area contributed by atoms with Gasteiger partial charge in [-0.25, -0.2) is 5.43 Å². The number of ether oxygens (including phenoxy) is 3. The normalized spacial score (nSPS) is 10.6.